The topological polar surface area (TPSA) is 85.2 Å². The Bertz CT molecular complexity index is 1990. The van der Waals surface area contributed by atoms with E-state index in [1.165, 1.54) is 23.0 Å². The minimum absolute atomic E-state index is 0.197. The lowest BCUT2D eigenvalue weighted by atomic mass is 10.0. The third-order valence-corrected chi connectivity index (χ3v) is 7.70. The van der Waals surface area contributed by atoms with Gasteiger partial charge < -0.3 is 15.4 Å². The monoisotopic (exact) mass is 726 g/mol. The van der Waals surface area contributed by atoms with Crippen LogP contribution in [0.4, 0.5) is 37.7 Å². The van der Waals surface area contributed by atoms with Gasteiger partial charge in [-0.25, -0.2) is 4.68 Å². The average molecular weight is 727 g/mol. The van der Waals surface area contributed by atoms with Crippen LogP contribution in [0, 0.1) is 0 Å². The van der Waals surface area contributed by atoms with Gasteiger partial charge >= 0.3 is 12.4 Å². The number of alkyl halides is 6. The summed E-state index contributed by atoms with van der Waals surface area (Å²) in [7, 11) is 0. The molecule has 51 heavy (non-hydrogen) atoms. The predicted molar refractivity (Wildman–Crippen MR) is 183 cm³/mol. The summed E-state index contributed by atoms with van der Waals surface area (Å²) in [6.45, 7) is 2.46. The Morgan fingerprint density at radius 3 is 1.92 bits per heavy atom. The smallest absolute Gasteiger partial charge is 0.416 e. The number of halogens is 7. The predicted octanol–water partition coefficient (Wildman–Crippen LogP) is 10.1. The number of nitrogens with zero attached hydrogens (tertiary/aromatic N) is 2. The Labute approximate surface area is 293 Å². The van der Waals surface area contributed by atoms with Crippen molar-refractivity contribution in [1.29, 1.82) is 0 Å². The van der Waals surface area contributed by atoms with Crippen LogP contribution in [0.5, 0.6) is 5.75 Å². The molecule has 0 aliphatic heterocycles. The summed E-state index contributed by atoms with van der Waals surface area (Å²) in [6.07, 6.45) is -5.07. The molecule has 14 heteroatoms. The number of nitrogens with one attached hydrogen (secondary N) is 2. The van der Waals surface area contributed by atoms with Crippen LogP contribution < -0.4 is 15.4 Å². The summed E-state index contributed by atoms with van der Waals surface area (Å²) in [6, 6.07) is 21.3. The minimum Gasteiger partial charge on any atom is -0.492 e. The first kappa shape index (κ1) is 36.7. The fourth-order valence-electron chi connectivity index (χ4n) is 4.86. The molecule has 0 aliphatic carbocycles. The summed E-state index contributed by atoms with van der Waals surface area (Å²) < 4.78 is 87.8. The van der Waals surface area contributed by atoms with E-state index in [9.17, 15) is 35.9 Å². The summed E-state index contributed by atoms with van der Waals surface area (Å²) in [5.41, 5.74) is -1.80. The van der Waals surface area contributed by atoms with E-state index >= 15 is 0 Å². The second-order valence-electron chi connectivity index (χ2n) is 11.2. The van der Waals surface area contributed by atoms with E-state index in [1.807, 2.05) is 6.92 Å². The second-order valence-corrected chi connectivity index (χ2v) is 11.6. The lowest BCUT2D eigenvalue weighted by molar-refractivity contribution is -0.138. The molecule has 2 N–H and O–H groups in total. The molecule has 7 nitrogen and oxygen atoms in total. The molecule has 0 atom stereocenters. The van der Waals surface area contributed by atoms with Gasteiger partial charge in [-0.05, 0) is 79.2 Å². The first-order chi connectivity index (χ1) is 24.2. The van der Waals surface area contributed by atoms with Gasteiger partial charge in [-0.15, -0.1) is 0 Å². The van der Waals surface area contributed by atoms with Gasteiger partial charge in [0.05, 0.1) is 28.4 Å². The van der Waals surface area contributed by atoms with E-state index < -0.39 is 40.9 Å². The molecule has 1 heterocycles. The Kier molecular flexibility index (Phi) is 11.2. The first-order valence-electron chi connectivity index (χ1n) is 15.5. The number of ether oxygens (including phenoxy) is 1. The third-order valence-electron chi connectivity index (χ3n) is 7.41. The van der Waals surface area contributed by atoms with Crippen molar-refractivity contribution < 1.29 is 40.7 Å². The zero-order chi connectivity index (χ0) is 36.8. The lowest BCUT2D eigenvalue weighted by Crippen LogP contribution is -2.25. The third kappa shape index (κ3) is 9.37. The number of benzene rings is 4. The summed E-state index contributed by atoms with van der Waals surface area (Å²) in [5, 5.41) is 9.54. The number of carbonyl (C=O) groups is 2. The van der Waals surface area contributed by atoms with E-state index in [-0.39, 0.29) is 27.7 Å². The standard InChI is InChI=1S/C37H29ClF6N4O3/c1-2-3-17-51-32-16-15-23(19-31(32)38)33-24(22-48(47-33)29-13-5-4-6-14-29)18-30(34(49)45-27-11-7-9-25(20-27)36(39,40)41)35(50)46-28-12-8-10-26(21-28)37(42,43)44/h4-16,18-22H,2-3,17H2,1H3,(H,45,49)(H,46,50). The quantitative estimate of drug-likeness (QED) is 0.0467. The Hall–Kier alpha value is -5.56. The molecule has 0 saturated heterocycles. The van der Waals surface area contributed by atoms with Gasteiger partial charge in [0.15, 0.2) is 0 Å². The van der Waals surface area contributed by atoms with Gasteiger partial charge in [-0.3, -0.25) is 9.59 Å². The van der Waals surface area contributed by atoms with Gasteiger partial charge in [-0.2, -0.15) is 31.4 Å². The minimum atomic E-state index is -4.72. The summed E-state index contributed by atoms with van der Waals surface area (Å²) in [4.78, 5) is 27.4. The molecule has 5 rings (SSSR count). The molecule has 1 aromatic heterocycles. The number of anilines is 2. The van der Waals surface area contributed by atoms with Crippen molar-refractivity contribution in [3.8, 4) is 22.7 Å². The molecule has 0 radical (unpaired) electrons. The van der Waals surface area contributed by atoms with E-state index in [0.29, 0.717) is 35.7 Å². The first-order valence-corrected chi connectivity index (χ1v) is 15.9. The van der Waals surface area contributed by atoms with Crippen LogP contribution in [0.25, 0.3) is 23.0 Å². The zero-order valence-corrected chi connectivity index (χ0v) is 27.5. The highest BCUT2D eigenvalue weighted by atomic mass is 35.5. The molecule has 0 unspecified atom stereocenters. The fourth-order valence-corrected chi connectivity index (χ4v) is 5.09. The molecule has 264 valence electrons. The number of carbonyl (C=O) groups excluding carboxylic acids is 2. The van der Waals surface area contributed by atoms with Crippen molar-refractivity contribution in [2.75, 3.05) is 17.2 Å². The van der Waals surface area contributed by atoms with Crippen LogP contribution in [-0.4, -0.2) is 28.2 Å². The lowest BCUT2D eigenvalue weighted by Gasteiger charge is -2.13. The van der Waals surface area contributed by atoms with Crippen molar-refractivity contribution in [2.45, 2.75) is 32.1 Å². The van der Waals surface area contributed by atoms with Crippen LogP contribution in [0.1, 0.15) is 36.5 Å². The molecule has 0 bridgehead atoms. The van der Waals surface area contributed by atoms with E-state index in [4.69, 9.17) is 16.3 Å². The molecule has 0 aliphatic rings. The van der Waals surface area contributed by atoms with Gasteiger partial charge in [0.1, 0.15) is 17.0 Å². The average Bonchev–Trinajstić information content (AvgIpc) is 3.52. The van der Waals surface area contributed by atoms with Crippen molar-refractivity contribution in [2.24, 2.45) is 0 Å². The van der Waals surface area contributed by atoms with E-state index in [0.717, 1.165) is 43.2 Å². The van der Waals surface area contributed by atoms with Crippen LogP contribution in [-0.2, 0) is 21.9 Å². The Morgan fingerprint density at radius 2 is 1.39 bits per heavy atom. The van der Waals surface area contributed by atoms with Crippen LogP contribution in [0.3, 0.4) is 0 Å². The molecular weight excluding hydrogens is 698 g/mol. The number of aromatic nitrogens is 2. The largest absolute Gasteiger partial charge is 0.492 e. The molecule has 4 aromatic carbocycles. The van der Waals surface area contributed by atoms with Crippen molar-refractivity contribution in [1.82, 2.24) is 9.78 Å². The molecule has 5 aromatic rings. The van der Waals surface area contributed by atoms with Crippen LogP contribution in [0.2, 0.25) is 5.02 Å². The van der Waals surface area contributed by atoms with Crippen molar-refractivity contribution in [3.05, 3.63) is 131 Å². The molecular formula is C37H29ClF6N4O3. The molecule has 0 saturated carbocycles. The highest BCUT2D eigenvalue weighted by Gasteiger charge is 2.32. The highest BCUT2D eigenvalue weighted by molar-refractivity contribution is 6.32. The fraction of sp³-hybridized carbons (Fsp3) is 0.162. The summed E-state index contributed by atoms with van der Waals surface area (Å²) >= 11 is 6.55. The number of para-hydroxylation sites is 1. The second kappa shape index (κ2) is 15.5. The maximum Gasteiger partial charge on any atom is 0.416 e. The van der Waals surface area contributed by atoms with Crippen LogP contribution >= 0.6 is 11.6 Å². The van der Waals surface area contributed by atoms with E-state index in [2.05, 4.69) is 15.7 Å². The number of hydrogen-bond acceptors (Lipinski definition) is 4. The molecule has 0 fully saturated rings. The van der Waals surface area contributed by atoms with Gasteiger partial charge in [0.2, 0.25) is 0 Å². The van der Waals surface area contributed by atoms with Crippen molar-refractivity contribution in [3.63, 3.8) is 0 Å². The van der Waals surface area contributed by atoms with Gasteiger partial charge in [0, 0.05) is 28.7 Å². The highest BCUT2D eigenvalue weighted by Crippen LogP contribution is 2.35. The van der Waals surface area contributed by atoms with Crippen molar-refractivity contribution >= 4 is 40.9 Å². The van der Waals surface area contributed by atoms with E-state index in [1.54, 1.807) is 48.5 Å². The maximum atomic E-state index is 13.7. The van der Waals surface area contributed by atoms with Crippen LogP contribution in [0.15, 0.2) is 109 Å². The molecule has 0 spiro atoms. The van der Waals surface area contributed by atoms with Gasteiger partial charge in [0.25, 0.3) is 11.8 Å². The number of unbranched alkanes of at least 4 members (excludes halogenated alkanes) is 1. The Balaban J connectivity index is 1.61. The SMILES string of the molecule is CCCCOc1ccc(-c2nn(-c3ccccc3)cc2C=C(C(=O)Nc2cccc(C(F)(F)F)c2)C(=O)Nc2cccc(C(F)(F)F)c2)cc1Cl. The Morgan fingerprint density at radius 1 is 0.804 bits per heavy atom. The maximum absolute atomic E-state index is 13.7. The molecule has 2 amide bonds. The number of hydrogen-bond donors (Lipinski definition) is 2. The number of amides is 2. The normalized spacial score (nSPS) is 11.5. The summed E-state index contributed by atoms with van der Waals surface area (Å²) in [5.74, 6) is -1.86. The zero-order valence-electron chi connectivity index (χ0n) is 26.8. The number of rotatable bonds is 11. The van der Waals surface area contributed by atoms with Gasteiger partial charge in [-0.1, -0.05) is 55.3 Å².